The maximum absolute atomic E-state index is 5.55. The SMILES string of the molecule is c1ccc(-c2ccc3ccc4ccc(-c5ccc6c(c5)nc(-c5ccccc5)c5cc7c(cc56)C5(c6ccccc6Sc6ccccc65)c5ccccc5-7)nc4c3n2)cc1.c1ccc(-c2nc(-c3ccccc3)nc(-c3cccc(-c4ccc5c(c4)nc(-c4ccccc4)c4cc6c(cc45)C4(c5ccccc5Sc5ccccc54)c4ccccc4-6)c3)n2)cc1. The Labute approximate surface area is 724 Å². The van der Waals surface area contributed by atoms with E-state index in [0.29, 0.717) is 17.5 Å². The van der Waals surface area contributed by atoms with E-state index in [4.69, 9.17) is 34.9 Å². The van der Waals surface area contributed by atoms with Crippen LogP contribution in [-0.4, -0.2) is 34.9 Å². The summed E-state index contributed by atoms with van der Waals surface area (Å²) >= 11 is 3.75. The van der Waals surface area contributed by atoms with E-state index in [2.05, 4.69) is 352 Å². The number of aromatic nitrogens is 7. The molecule has 7 heterocycles. The van der Waals surface area contributed by atoms with E-state index in [-0.39, 0.29) is 0 Å². The molecule has 0 saturated carbocycles. The summed E-state index contributed by atoms with van der Waals surface area (Å²) in [7, 11) is 0. The van der Waals surface area contributed by atoms with Crippen molar-refractivity contribution in [2.45, 2.75) is 30.4 Å². The van der Waals surface area contributed by atoms with Gasteiger partial charge < -0.3 is 0 Å². The molecule has 2 aliphatic carbocycles. The van der Waals surface area contributed by atoms with Gasteiger partial charge in [0.2, 0.25) is 0 Å². The van der Waals surface area contributed by atoms with Crippen LogP contribution in [0, 0.1) is 0 Å². The maximum atomic E-state index is 5.55. The predicted octanol–water partition coefficient (Wildman–Crippen LogP) is 29.0. The Morgan fingerprint density at radius 2 is 0.508 bits per heavy atom. The first-order valence-corrected chi connectivity index (χ1v) is 43.7. The highest BCUT2D eigenvalue weighted by molar-refractivity contribution is 7.99. The molecular weight excluding hydrogens is 1540 g/mol. The number of hydrogen-bond donors (Lipinski definition) is 0. The third kappa shape index (κ3) is 11.2. The number of pyridine rings is 4. The molecule has 576 valence electrons. The van der Waals surface area contributed by atoms with Crippen molar-refractivity contribution in [3.63, 3.8) is 0 Å². The van der Waals surface area contributed by atoms with Gasteiger partial charge in [0.1, 0.15) is 0 Å². The van der Waals surface area contributed by atoms with Gasteiger partial charge in [-0.2, -0.15) is 0 Å². The van der Waals surface area contributed by atoms with Crippen molar-refractivity contribution in [3.05, 3.63) is 463 Å². The zero-order valence-electron chi connectivity index (χ0n) is 66.8. The summed E-state index contributed by atoms with van der Waals surface area (Å²) in [4.78, 5) is 41.8. The maximum Gasteiger partial charge on any atom is 0.164 e. The molecule has 0 fully saturated rings. The van der Waals surface area contributed by atoms with Crippen LogP contribution in [0.4, 0.5) is 0 Å². The molecule has 4 aliphatic rings. The van der Waals surface area contributed by atoms with Crippen LogP contribution in [-0.2, 0) is 10.8 Å². The van der Waals surface area contributed by atoms with Crippen LogP contribution in [0.25, 0.3) is 178 Å². The van der Waals surface area contributed by atoms with Gasteiger partial charge in [0.05, 0.1) is 55.7 Å². The molecule has 0 N–H and O–H groups in total. The second-order valence-corrected chi connectivity index (χ2v) is 34.5. The van der Waals surface area contributed by atoms with Crippen LogP contribution in [0.15, 0.2) is 438 Å². The van der Waals surface area contributed by atoms with Crippen molar-refractivity contribution in [2.24, 2.45) is 0 Å². The zero-order valence-corrected chi connectivity index (χ0v) is 68.4. The lowest BCUT2D eigenvalue weighted by Gasteiger charge is -2.39. The fourth-order valence-electron chi connectivity index (χ4n) is 20.1. The van der Waals surface area contributed by atoms with Crippen LogP contribution in [0.1, 0.15) is 44.5 Å². The second-order valence-electron chi connectivity index (χ2n) is 32.4. The zero-order chi connectivity index (χ0) is 81.6. The molecule has 0 bridgehead atoms. The summed E-state index contributed by atoms with van der Waals surface area (Å²) in [5.74, 6) is 1.90. The average Bonchev–Trinajstić information content (AvgIpc) is 1.51. The fourth-order valence-corrected chi connectivity index (χ4v) is 22.5. The van der Waals surface area contributed by atoms with E-state index >= 15 is 0 Å². The minimum absolute atomic E-state index is 0.465. The van der Waals surface area contributed by atoms with Gasteiger partial charge in [0, 0.05) is 90.8 Å². The lowest BCUT2D eigenvalue weighted by molar-refractivity contribution is 0.723. The molecule has 26 rings (SSSR count). The molecule has 124 heavy (non-hydrogen) atoms. The topological polar surface area (TPSA) is 90.2 Å². The van der Waals surface area contributed by atoms with E-state index in [0.717, 1.165) is 127 Å². The highest BCUT2D eigenvalue weighted by Gasteiger charge is 2.52. The van der Waals surface area contributed by atoms with E-state index in [1.807, 2.05) is 90.3 Å². The van der Waals surface area contributed by atoms with Crippen molar-refractivity contribution in [3.8, 4) is 113 Å². The third-order valence-electron chi connectivity index (χ3n) is 25.7. The van der Waals surface area contributed by atoms with Gasteiger partial charge in [0.25, 0.3) is 0 Å². The van der Waals surface area contributed by atoms with Crippen molar-refractivity contribution in [1.29, 1.82) is 0 Å². The first kappa shape index (κ1) is 71.5. The van der Waals surface area contributed by atoms with Gasteiger partial charge in [-0.1, -0.05) is 363 Å². The normalized spacial score (nSPS) is 13.2. The number of fused-ring (bicyclic) bond motifs is 27. The monoisotopic (exact) mass is 1610 g/mol. The van der Waals surface area contributed by atoms with Crippen molar-refractivity contribution < 1.29 is 0 Å². The van der Waals surface area contributed by atoms with Crippen LogP contribution in [0.3, 0.4) is 0 Å². The number of hydrogen-bond acceptors (Lipinski definition) is 9. The minimum Gasteiger partial charge on any atom is -0.247 e. The largest absolute Gasteiger partial charge is 0.247 e. The minimum atomic E-state index is -0.475. The lowest BCUT2D eigenvalue weighted by Crippen LogP contribution is -2.31. The highest BCUT2D eigenvalue weighted by atomic mass is 32.2. The molecule has 7 nitrogen and oxygen atoms in total. The Hall–Kier alpha value is -15.4. The summed E-state index contributed by atoms with van der Waals surface area (Å²) in [5, 5.41) is 9.05. The lowest BCUT2D eigenvalue weighted by atomic mass is 9.67. The van der Waals surface area contributed by atoms with Crippen molar-refractivity contribution >= 4 is 88.7 Å². The molecule has 17 aromatic carbocycles. The van der Waals surface area contributed by atoms with Gasteiger partial charge in [0.15, 0.2) is 17.5 Å². The molecule has 2 aliphatic heterocycles. The molecular formula is C115H69N7S2. The Morgan fingerprint density at radius 3 is 0.952 bits per heavy atom. The Bertz CT molecular complexity index is 8040. The smallest absolute Gasteiger partial charge is 0.164 e. The van der Waals surface area contributed by atoms with Gasteiger partial charge in [-0.05, 0) is 168 Å². The average molecular weight is 1610 g/mol. The Morgan fingerprint density at radius 1 is 0.177 bits per heavy atom. The quantitative estimate of drug-likeness (QED) is 0.138. The molecule has 22 aromatic rings. The summed E-state index contributed by atoms with van der Waals surface area (Å²) < 4.78 is 0. The van der Waals surface area contributed by atoms with E-state index in [1.165, 1.54) is 97.1 Å². The van der Waals surface area contributed by atoms with Crippen LogP contribution in [0.5, 0.6) is 0 Å². The molecule has 0 radical (unpaired) electrons. The number of rotatable bonds is 8. The van der Waals surface area contributed by atoms with Crippen LogP contribution < -0.4 is 0 Å². The molecule has 0 atom stereocenters. The van der Waals surface area contributed by atoms with Gasteiger partial charge >= 0.3 is 0 Å². The van der Waals surface area contributed by atoms with E-state index in [1.54, 1.807) is 0 Å². The van der Waals surface area contributed by atoms with Crippen molar-refractivity contribution in [2.75, 3.05) is 0 Å². The molecule has 0 saturated heterocycles. The first-order chi connectivity index (χ1) is 61.4. The summed E-state index contributed by atoms with van der Waals surface area (Å²) in [6, 6.07) is 151. The Kier molecular flexibility index (Phi) is 16.5. The fraction of sp³-hybridized carbons (Fsp3) is 0.0174. The van der Waals surface area contributed by atoms with Gasteiger partial charge in [-0.25, -0.2) is 34.9 Å². The summed E-state index contributed by atoms with van der Waals surface area (Å²) in [6.07, 6.45) is 0. The number of benzene rings is 17. The first-order valence-electron chi connectivity index (χ1n) is 42.1. The number of nitrogens with zero attached hydrogens (tertiary/aromatic N) is 7. The van der Waals surface area contributed by atoms with E-state index in [9.17, 15) is 0 Å². The van der Waals surface area contributed by atoms with Gasteiger partial charge in [-0.15, -0.1) is 0 Å². The predicted molar refractivity (Wildman–Crippen MR) is 509 cm³/mol. The summed E-state index contributed by atoms with van der Waals surface area (Å²) in [5.41, 5.74) is 31.4. The third-order valence-corrected chi connectivity index (χ3v) is 28.0. The highest BCUT2D eigenvalue weighted by Crippen LogP contribution is 2.65. The van der Waals surface area contributed by atoms with Crippen molar-refractivity contribution in [1.82, 2.24) is 34.9 Å². The molecule has 9 heteroatoms. The van der Waals surface area contributed by atoms with E-state index < -0.39 is 10.8 Å². The molecule has 2 spiro atoms. The van der Waals surface area contributed by atoms with Crippen LogP contribution in [0.2, 0.25) is 0 Å². The molecule has 5 aromatic heterocycles. The second kappa shape index (κ2) is 28.7. The molecule has 0 amide bonds. The van der Waals surface area contributed by atoms with Gasteiger partial charge in [-0.3, -0.25) is 0 Å². The Balaban J connectivity index is 0.000000136. The van der Waals surface area contributed by atoms with Crippen LogP contribution >= 0.6 is 23.5 Å². The standard InChI is InChI=1S/C59H36N4S.C56H33N3S/c1-4-17-37(18-5-1)55-47-35-46-43-25-10-11-26-48(43)59(49-27-12-14-29-53(49)64-54-30-15-13-28-50(54)59)51(46)36-45(47)44-32-31-41(34-52(44)60-55)40-23-16-24-42(33-40)58-62-56(38-19-6-2-7-20-38)61-57(63-58)39-21-8-3-9-22-39;1-3-13-34(14-4-1)48-29-26-36-23-24-37-27-30-49(58-55(37)54(36)57-48)38-25-28-40-41-33-47-42(32-43(41)53(59-50(40)31-38)35-15-5-2-6-16-35)39-17-7-8-18-44(39)56(47)45-19-9-11-21-51(45)60-52-22-12-10-20-46(52)56/h1-36H;1-33H. The molecule has 0 unspecified atom stereocenters. The summed E-state index contributed by atoms with van der Waals surface area (Å²) in [6.45, 7) is 0.